The van der Waals surface area contributed by atoms with Crippen molar-refractivity contribution in [2.24, 2.45) is 17.3 Å². The summed E-state index contributed by atoms with van der Waals surface area (Å²) in [6.45, 7) is 2.15. The van der Waals surface area contributed by atoms with Gasteiger partial charge >= 0.3 is 5.97 Å². The molecule has 2 aliphatic rings. The third kappa shape index (κ3) is 5.53. The van der Waals surface area contributed by atoms with Gasteiger partial charge in [0, 0.05) is 24.2 Å². The van der Waals surface area contributed by atoms with Gasteiger partial charge in [-0.25, -0.2) is 0 Å². The van der Waals surface area contributed by atoms with E-state index < -0.39 is 12.1 Å². The van der Waals surface area contributed by atoms with Crippen LogP contribution in [0.5, 0.6) is 0 Å². The lowest BCUT2D eigenvalue weighted by Crippen LogP contribution is -2.18. The van der Waals surface area contributed by atoms with Gasteiger partial charge < -0.3 is 10.2 Å². The van der Waals surface area contributed by atoms with Crippen molar-refractivity contribution in [3.63, 3.8) is 0 Å². The Morgan fingerprint density at radius 2 is 2.12 bits per heavy atom. The number of aliphatic carboxylic acids is 1. The van der Waals surface area contributed by atoms with Gasteiger partial charge in [-0.05, 0) is 38.0 Å². The van der Waals surface area contributed by atoms with Crippen LogP contribution in [0.1, 0.15) is 71.1 Å². The number of carbonyl (C=O) groups is 2. The molecule has 4 nitrogen and oxygen atoms in total. The molecule has 4 atom stereocenters. The van der Waals surface area contributed by atoms with Gasteiger partial charge in [0.25, 0.3) is 0 Å². The predicted molar refractivity (Wildman–Crippen MR) is 98.2 cm³/mol. The molecule has 0 radical (unpaired) electrons. The molecule has 0 aromatic heterocycles. The van der Waals surface area contributed by atoms with Gasteiger partial charge in [0.2, 0.25) is 0 Å². The maximum absolute atomic E-state index is 12.3. The van der Waals surface area contributed by atoms with Crippen molar-refractivity contribution in [1.82, 2.24) is 0 Å². The van der Waals surface area contributed by atoms with Gasteiger partial charge in [-0.15, -0.1) is 0 Å². The zero-order chi connectivity index (χ0) is 18.3. The van der Waals surface area contributed by atoms with E-state index in [1.807, 2.05) is 18.2 Å². The van der Waals surface area contributed by atoms with Crippen LogP contribution < -0.4 is 0 Å². The van der Waals surface area contributed by atoms with E-state index in [1.54, 1.807) is 0 Å². The number of carboxylic acids is 1. The molecule has 2 fully saturated rings. The van der Waals surface area contributed by atoms with Gasteiger partial charge in [-0.2, -0.15) is 0 Å². The number of hydrogen-bond acceptors (Lipinski definition) is 3. The highest BCUT2D eigenvalue weighted by molar-refractivity contribution is 5.87. The summed E-state index contributed by atoms with van der Waals surface area (Å²) in [5.74, 6) is 0.0788. The fourth-order valence-corrected chi connectivity index (χ4v) is 4.12. The van der Waals surface area contributed by atoms with Crippen LogP contribution in [0.15, 0.2) is 24.3 Å². The summed E-state index contributed by atoms with van der Waals surface area (Å²) >= 11 is 0. The maximum Gasteiger partial charge on any atom is 0.303 e. The number of hydrogen-bond donors (Lipinski definition) is 2. The number of Topliss-reactive ketones (excluding diaryl/α,β-unsaturated/α-hetero) is 1. The van der Waals surface area contributed by atoms with Crippen LogP contribution in [0, 0.1) is 17.3 Å². The van der Waals surface area contributed by atoms with Crippen LogP contribution >= 0.6 is 0 Å². The Kier molecular flexibility index (Phi) is 7.42. The maximum atomic E-state index is 12.3. The molecule has 0 heterocycles. The van der Waals surface area contributed by atoms with E-state index in [4.69, 9.17) is 5.11 Å². The normalized spacial score (nSPS) is 29.4. The Morgan fingerprint density at radius 1 is 1.32 bits per heavy atom. The smallest absolute Gasteiger partial charge is 0.303 e. The lowest BCUT2D eigenvalue weighted by Gasteiger charge is -2.18. The van der Waals surface area contributed by atoms with Crippen molar-refractivity contribution in [2.45, 2.75) is 77.2 Å². The monoisotopic (exact) mass is 348 g/mol. The number of fused-ring (bicyclic) bond motifs is 1. The number of allylic oxidation sites excluding steroid dienone is 3. The summed E-state index contributed by atoms with van der Waals surface area (Å²) in [5, 5.41) is 18.7. The molecule has 140 valence electrons. The molecule has 0 aromatic carbocycles. The van der Waals surface area contributed by atoms with E-state index in [0.29, 0.717) is 24.5 Å². The molecule has 25 heavy (non-hydrogen) atoms. The molecule has 2 N–H and O–H groups in total. The second-order valence-electron chi connectivity index (χ2n) is 7.65. The van der Waals surface area contributed by atoms with E-state index in [-0.39, 0.29) is 17.8 Å². The summed E-state index contributed by atoms with van der Waals surface area (Å²) in [7, 11) is 0. The predicted octanol–water partition coefficient (Wildman–Crippen LogP) is 4.28. The number of ketones is 1. The van der Waals surface area contributed by atoms with E-state index in [1.165, 1.54) is 0 Å². The molecule has 2 rings (SSSR count). The van der Waals surface area contributed by atoms with Crippen LogP contribution in [0.2, 0.25) is 0 Å². The average molecular weight is 348 g/mol. The third-order valence-electron chi connectivity index (χ3n) is 5.72. The van der Waals surface area contributed by atoms with Crippen molar-refractivity contribution in [3.05, 3.63) is 24.3 Å². The Bertz CT molecular complexity index is 522. The summed E-state index contributed by atoms with van der Waals surface area (Å²) in [5.41, 5.74) is -0.0196. The molecule has 0 unspecified atom stereocenters. The van der Waals surface area contributed by atoms with Crippen molar-refractivity contribution in [1.29, 1.82) is 0 Å². The highest BCUT2D eigenvalue weighted by Crippen LogP contribution is 2.67. The van der Waals surface area contributed by atoms with E-state index in [0.717, 1.165) is 44.9 Å². The van der Waals surface area contributed by atoms with Gasteiger partial charge in [-0.3, -0.25) is 9.59 Å². The van der Waals surface area contributed by atoms with Gasteiger partial charge in [0.05, 0.1) is 6.10 Å². The van der Waals surface area contributed by atoms with Crippen LogP contribution in [-0.4, -0.2) is 28.1 Å². The highest BCUT2D eigenvalue weighted by atomic mass is 16.4. The fourth-order valence-electron chi connectivity index (χ4n) is 4.12. The quantitative estimate of drug-likeness (QED) is 0.408. The molecule has 2 aliphatic carbocycles. The van der Waals surface area contributed by atoms with E-state index in [2.05, 4.69) is 13.0 Å². The number of carboxylic acid groups (broad SMARTS) is 1. The number of aliphatic hydroxyl groups is 1. The standard InChI is InChI=1S/C21H32O4/c1-2-3-6-9-17(22)12-13-21-15-16(21)14-19(23)18(21)10-7-4-5-8-11-20(24)25/h4,7,12-13,16-18,22H,2-3,5-6,8-11,14-15H2,1H3,(H,24,25)/b7-4-,13-12+/t16-,17-,18-,21-/m0/s1. The minimum atomic E-state index is -0.762. The Labute approximate surface area is 151 Å². The molecule has 0 bridgehead atoms. The zero-order valence-electron chi connectivity index (χ0n) is 15.3. The van der Waals surface area contributed by atoms with Crippen LogP contribution in [0.3, 0.4) is 0 Å². The topological polar surface area (TPSA) is 74.6 Å². The van der Waals surface area contributed by atoms with Crippen molar-refractivity contribution < 1.29 is 19.8 Å². The minimum Gasteiger partial charge on any atom is -0.481 e. The fraction of sp³-hybridized carbons (Fsp3) is 0.714. The number of aliphatic hydroxyl groups excluding tert-OH is 1. The number of carbonyl (C=O) groups excluding carboxylic acids is 1. The van der Waals surface area contributed by atoms with Crippen LogP contribution in [0.4, 0.5) is 0 Å². The lowest BCUT2D eigenvalue weighted by atomic mass is 9.85. The Hall–Kier alpha value is -1.42. The molecule has 0 saturated heterocycles. The molecule has 0 spiro atoms. The summed E-state index contributed by atoms with van der Waals surface area (Å²) in [6, 6.07) is 0. The molecular formula is C21H32O4. The molecule has 0 aliphatic heterocycles. The molecule has 2 saturated carbocycles. The Morgan fingerprint density at radius 3 is 2.84 bits per heavy atom. The SMILES string of the molecule is CCCCC[C@H](O)/C=C/[C@]12C[C@@H]1CC(=O)[C@@H]2C/C=C\CCCC(=O)O. The van der Waals surface area contributed by atoms with Gasteiger partial charge in [-0.1, -0.05) is 50.5 Å². The third-order valence-corrected chi connectivity index (χ3v) is 5.72. The van der Waals surface area contributed by atoms with E-state index in [9.17, 15) is 14.7 Å². The average Bonchev–Trinajstić information content (AvgIpc) is 3.18. The number of unbranched alkanes of at least 4 members (excludes halogenated alkanes) is 3. The second kappa shape index (κ2) is 9.33. The molecule has 4 heteroatoms. The van der Waals surface area contributed by atoms with Gasteiger partial charge in [0.1, 0.15) is 5.78 Å². The first kappa shape index (κ1) is 19.9. The summed E-state index contributed by atoms with van der Waals surface area (Å²) < 4.78 is 0. The largest absolute Gasteiger partial charge is 0.481 e. The lowest BCUT2D eigenvalue weighted by molar-refractivity contribution is -0.137. The second-order valence-corrected chi connectivity index (χ2v) is 7.65. The molecular weight excluding hydrogens is 316 g/mol. The minimum absolute atomic E-state index is 0.0196. The van der Waals surface area contributed by atoms with Gasteiger partial charge in [0.15, 0.2) is 0 Å². The first-order valence-electron chi connectivity index (χ1n) is 9.76. The van der Waals surface area contributed by atoms with E-state index >= 15 is 0 Å². The first-order chi connectivity index (χ1) is 12.0. The van der Waals surface area contributed by atoms with Crippen molar-refractivity contribution in [2.75, 3.05) is 0 Å². The number of rotatable bonds is 12. The molecule has 0 amide bonds. The summed E-state index contributed by atoms with van der Waals surface area (Å²) in [4.78, 5) is 22.8. The van der Waals surface area contributed by atoms with Crippen LogP contribution in [-0.2, 0) is 9.59 Å². The molecule has 0 aromatic rings. The zero-order valence-corrected chi connectivity index (χ0v) is 15.3. The Balaban J connectivity index is 1.82. The van der Waals surface area contributed by atoms with Crippen molar-refractivity contribution >= 4 is 11.8 Å². The highest BCUT2D eigenvalue weighted by Gasteiger charge is 2.64. The first-order valence-corrected chi connectivity index (χ1v) is 9.76. The summed E-state index contributed by atoms with van der Waals surface area (Å²) in [6.07, 6.45) is 15.9. The van der Waals surface area contributed by atoms with Crippen LogP contribution in [0.25, 0.3) is 0 Å². The van der Waals surface area contributed by atoms with Crippen molar-refractivity contribution in [3.8, 4) is 0 Å².